The molecule has 0 saturated carbocycles. The molecule has 1 rings (SSSR count). The number of alkyl halides is 2. The highest BCUT2D eigenvalue weighted by atomic mass is 19.3. The Kier molecular flexibility index (Phi) is 4.54. The molecule has 0 unspecified atom stereocenters. The molecule has 90 valence electrons. The van der Waals surface area contributed by atoms with Crippen molar-refractivity contribution in [3.63, 3.8) is 0 Å². The van der Waals surface area contributed by atoms with Crippen molar-refractivity contribution in [2.24, 2.45) is 0 Å². The van der Waals surface area contributed by atoms with Crippen molar-refractivity contribution in [2.75, 3.05) is 18.9 Å². The standard InChI is InChI=1S/C10H15F2N3O/c1-6-7(2)14-9(15-10(6)13)3-4-16-5-8(11)12/h8H,3-5H2,1-2H3,(H2,13,14,15). The fourth-order valence-electron chi connectivity index (χ4n) is 1.16. The summed E-state index contributed by atoms with van der Waals surface area (Å²) in [5, 5.41) is 0. The van der Waals surface area contributed by atoms with E-state index in [1.165, 1.54) is 0 Å². The molecule has 2 N–H and O–H groups in total. The van der Waals surface area contributed by atoms with Crippen molar-refractivity contribution in [3.05, 3.63) is 17.1 Å². The maximum Gasteiger partial charge on any atom is 0.261 e. The van der Waals surface area contributed by atoms with E-state index < -0.39 is 13.0 Å². The number of halogens is 2. The van der Waals surface area contributed by atoms with Crippen LogP contribution in [0.25, 0.3) is 0 Å². The smallest absolute Gasteiger partial charge is 0.261 e. The van der Waals surface area contributed by atoms with Crippen LogP contribution in [0.3, 0.4) is 0 Å². The molecule has 4 nitrogen and oxygen atoms in total. The normalized spacial score (nSPS) is 11.1. The summed E-state index contributed by atoms with van der Waals surface area (Å²) in [6.45, 7) is 3.28. The Morgan fingerprint density at radius 3 is 2.56 bits per heavy atom. The van der Waals surface area contributed by atoms with Crippen LogP contribution in [0.1, 0.15) is 17.1 Å². The molecule has 0 atom stereocenters. The third-order valence-corrected chi connectivity index (χ3v) is 2.19. The van der Waals surface area contributed by atoms with Gasteiger partial charge < -0.3 is 10.5 Å². The lowest BCUT2D eigenvalue weighted by Crippen LogP contribution is -2.10. The minimum atomic E-state index is -2.44. The summed E-state index contributed by atoms with van der Waals surface area (Å²) in [5.41, 5.74) is 7.31. The summed E-state index contributed by atoms with van der Waals surface area (Å²) >= 11 is 0. The van der Waals surface area contributed by atoms with Gasteiger partial charge in [-0.3, -0.25) is 0 Å². The quantitative estimate of drug-likeness (QED) is 0.780. The molecular formula is C10H15F2N3O. The Bertz CT molecular complexity index is 335. The van der Waals surface area contributed by atoms with Crippen molar-refractivity contribution < 1.29 is 13.5 Å². The molecule has 0 spiro atoms. The molecule has 0 aliphatic heterocycles. The van der Waals surface area contributed by atoms with Crippen LogP contribution >= 0.6 is 0 Å². The van der Waals surface area contributed by atoms with E-state index in [9.17, 15) is 8.78 Å². The van der Waals surface area contributed by atoms with Crippen LogP contribution in [0.15, 0.2) is 0 Å². The van der Waals surface area contributed by atoms with Gasteiger partial charge in [0, 0.05) is 17.7 Å². The fraction of sp³-hybridized carbons (Fsp3) is 0.600. The molecule has 16 heavy (non-hydrogen) atoms. The molecule has 0 aromatic carbocycles. The van der Waals surface area contributed by atoms with Crippen LogP contribution in [0.5, 0.6) is 0 Å². The van der Waals surface area contributed by atoms with E-state index in [4.69, 9.17) is 10.5 Å². The predicted molar refractivity (Wildman–Crippen MR) is 56.4 cm³/mol. The Hall–Kier alpha value is -1.30. The average Bonchev–Trinajstić information content (AvgIpc) is 2.20. The summed E-state index contributed by atoms with van der Waals surface area (Å²) in [4.78, 5) is 8.24. The molecule has 1 aromatic rings. The number of nitrogens with two attached hydrogens (primary N) is 1. The van der Waals surface area contributed by atoms with Gasteiger partial charge in [-0.25, -0.2) is 18.7 Å². The fourth-order valence-corrected chi connectivity index (χ4v) is 1.16. The van der Waals surface area contributed by atoms with Gasteiger partial charge in [0.25, 0.3) is 6.43 Å². The SMILES string of the molecule is Cc1nc(CCOCC(F)F)nc(N)c1C. The van der Waals surface area contributed by atoms with Gasteiger partial charge in [-0.15, -0.1) is 0 Å². The third-order valence-electron chi connectivity index (χ3n) is 2.19. The van der Waals surface area contributed by atoms with Gasteiger partial charge in [-0.2, -0.15) is 0 Å². The highest BCUT2D eigenvalue weighted by Gasteiger charge is 2.06. The number of aromatic nitrogens is 2. The molecule has 0 amide bonds. The van der Waals surface area contributed by atoms with E-state index in [1.54, 1.807) is 0 Å². The predicted octanol–water partition coefficient (Wildman–Crippen LogP) is 1.50. The Balaban J connectivity index is 2.49. The maximum absolute atomic E-state index is 11.8. The number of rotatable bonds is 5. The number of nitrogen functional groups attached to an aromatic ring is 1. The van der Waals surface area contributed by atoms with Crippen molar-refractivity contribution >= 4 is 5.82 Å². The van der Waals surface area contributed by atoms with Gasteiger partial charge in [0.15, 0.2) is 0 Å². The Morgan fingerprint density at radius 2 is 2.00 bits per heavy atom. The highest BCUT2D eigenvalue weighted by molar-refractivity contribution is 5.40. The van der Waals surface area contributed by atoms with E-state index >= 15 is 0 Å². The first kappa shape index (κ1) is 12.8. The summed E-state index contributed by atoms with van der Waals surface area (Å²) in [6.07, 6.45) is -2.05. The number of hydrogen-bond donors (Lipinski definition) is 1. The second-order valence-electron chi connectivity index (χ2n) is 3.45. The third kappa shape index (κ3) is 3.69. The molecule has 0 bridgehead atoms. The van der Waals surface area contributed by atoms with Crippen LogP contribution < -0.4 is 5.73 Å². The maximum atomic E-state index is 11.8. The van der Waals surface area contributed by atoms with Crippen LogP contribution in [-0.4, -0.2) is 29.6 Å². The number of hydrogen-bond acceptors (Lipinski definition) is 4. The van der Waals surface area contributed by atoms with Crippen LogP contribution in [0.2, 0.25) is 0 Å². The summed E-state index contributed by atoms with van der Waals surface area (Å²) in [6, 6.07) is 0. The van der Waals surface area contributed by atoms with Gasteiger partial charge in [0.2, 0.25) is 0 Å². The second kappa shape index (κ2) is 5.69. The van der Waals surface area contributed by atoms with Crippen molar-refractivity contribution in [1.29, 1.82) is 0 Å². The average molecular weight is 231 g/mol. The van der Waals surface area contributed by atoms with Gasteiger partial charge in [-0.1, -0.05) is 0 Å². The summed E-state index contributed by atoms with van der Waals surface area (Å²) in [5.74, 6) is 0.950. The lowest BCUT2D eigenvalue weighted by atomic mass is 10.2. The number of nitrogens with zero attached hydrogens (tertiary/aromatic N) is 2. The first-order valence-electron chi connectivity index (χ1n) is 4.96. The van der Waals surface area contributed by atoms with Gasteiger partial charge in [0.1, 0.15) is 18.2 Å². The highest BCUT2D eigenvalue weighted by Crippen LogP contribution is 2.11. The molecule has 0 aliphatic carbocycles. The Labute approximate surface area is 92.8 Å². The number of ether oxygens (including phenoxy) is 1. The molecule has 0 aliphatic rings. The molecule has 0 saturated heterocycles. The van der Waals surface area contributed by atoms with Crippen molar-refractivity contribution in [2.45, 2.75) is 26.7 Å². The zero-order valence-corrected chi connectivity index (χ0v) is 9.33. The minimum absolute atomic E-state index is 0.173. The molecule has 1 aromatic heterocycles. The lowest BCUT2D eigenvalue weighted by Gasteiger charge is -2.07. The summed E-state index contributed by atoms with van der Waals surface area (Å²) in [7, 11) is 0. The largest absolute Gasteiger partial charge is 0.383 e. The monoisotopic (exact) mass is 231 g/mol. The molecular weight excluding hydrogens is 216 g/mol. The van der Waals surface area contributed by atoms with Gasteiger partial charge in [0.05, 0.1) is 6.61 Å². The minimum Gasteiger partial charge on any atom is -0.383 e. The lowest BCUT2D eigenvalue weighted by molar-refractivity contribution is 0.0183. The zero-order chi connectivity index (χ0) is 12.1. The first-order valence-corrected chi connectivity index (χ1v) is 4.96. The van der Waals surface area contributed by atoms with E-state index in [1.807, 2.05) is 13.8 Å². The summed E-state index contributed by atoms with van der Waals surface area (Å²) < 4.78 is 28.3. The van der Waals surface area contributed by atoms with Crippen LogP contribution in [0.4, 0.5) is 14.6 Å². The topological polar surface area (TPSA) is 61.0 Å². The molecule has 1 heterocycles. The molecule has 0 fully saturated rings. The van der Waals surface area contributed by atoms with E-state index in [0.29, 0.717) is 18.1 Å². The number of aryl methyl sites for hydroxylation is 1. The van der Waals surface area contributed by atoms with Crippen LogP contribution in [-0.2, 0) is 11.2 Å². The van der Waals surface area contributed by atoms with Crippen molar-refractivity contribution in [1.82, 2.24) is 9.97 Å². The number of anilines is 1. The molecule has 6 heteroatoms. The van der Waals surface area contributed by atoms with Crippen LogP contribution in [0, 0.1) is 13.8 Å². The first-order chi connectivity index (χ1) is 7.50. The zero-order valence-electron chi connectivity index (χ0n) is 9.33. The second-order valence-corrected chi connectivity index (χ2v) is 3.45. The molecule has 0 radical (unpaired) electrons. The van der Waals surface area contributed by atoms with E-state index in [-0.39, 0.29) is 6.61 Å². The Morgan fingerprint density at radius 1 is 1.31 bits per heavy atom. The van der Waals surface area contributed by atoms with E-state index in [2.05, 4.69) is 9.97 Å². The van der Waals surface area contributed by atoms with Crippen molar-refractivity contribution in [3.8, 4) is 0 Å². The van der Waals surface area contributed by atoms with Gasteiger partial charge >= 0.3 is 0 Å². The van der Waals surface area contributed by atoms with Gasteiger partial charge in [-0.05, 0) is 13.8 Å². The van der Waals surface area contributed by atoms with E-state index in [0.717, 1.165) is 11.3 Å².